The molecule has 228 valence electrons. The Morgan fingerprint density at radius 3 is 2.83 bits per heavy atom. The number of carbonyl (C=O) groups is 2. The zero-order valence-corrected chi connectivity index (χ0v) is 24.5. The van der Waals surface area contributed by atoms with Gasteiger partial charge in [-0.05, 0) is 63.5 Å². The number of allylic oxidation sites excluding steroid dienone is 4. The summed E-state index contributed by atoms with van der Waals surface area (Å²) >= 11 is 6.37. The number of hydrogen-bond donors (Lipinski definition) is 4. The molecule has 40 heavy (non-hydrogen) atoms. The molecule has 0 aromatic heterocycles. The third-order valence-electron chi connectivity index (χ3n) is 8.00. The molecule has 5 N–H and O–H groups in total. The molecule has 1 aliphatic carbocycles. The number of rotatable bonds is 14. The van der Waals surface area contributed by atoms with Gasteiger partial charge < -0.3 is 40.6 Å². The number of nitrogens with one attached hydrogen (secondary N) is 3. The van der Waals surface area contributed by atoms with Crippen molar-refractivity contribution in [3.8, 4) is 0 Å². The molecule has 0 bridgehead atoms. The van der Waals surface area contributed by atoms with E-state index in [0.29, 0.717) is 50.0 Å². The normalized spacial score (nSPS) is 28.6. The summed E-state index contributed by atoms with van der Waals surface area (Å²) in [6.45, 7) is 5.70. The summed E-state index contributed by atoms with van der Waals surface area (Å²) in [6.07, 6.45) is 6.16. The summed E-state index contributed by atoms with van der Waals surface area (Å²) in [4.78, 5) is 24.6. The molecule has 0 aromatic carbocycles. The lowest BCUT2D eigenvalue weighted by molar-refractivity contribution is -0.141. The van der Waals surface area contributed by atoms with E-state index in [2.05, 4.69) is 20.7 Å². The average molecular weight is 589 g/mol. The Labute approximate surface area is 241 Å². The van der Waals surface area contributed by atoms with Crippen LogP contribution in [0.2, 0.25) is 0 Å². The fraction of sp³-hybridized carbons (Fsp3) is 0.786. The summed E-state index contributed by atoms with van der Waals surface area (Å²) in [5, 5.41) is 9.32. The molecule has 2 amide bonds. The quantitative estimate of drug-likeness (QED) is 0.228. The van der Waals surface area contributed by atoms with Gasteiger partial charge in [-0.25, -0.2) is 9.18 Å². The van der Waals surface area contributed by atoms with Gasteiger partial charge in [0, 0.05) is 55.8 Å². The van der Waals surface area contributed by atoms with Crippen LogP contribution in [-0.2, 0) is 23.7 Å². The summed E-state index contributed by atoms with van der Waals surface area (Å²) in [5.74, 6) is -0.242. The molecule has 2 fully saturated rings. The highest BCUT2D eigenvalue weighted by Crippen LogP contribution is 2.47. The average Bonchev–Trinajstić information content (AvgIpc) is 2.94. The van der Waals surface area contributed by atoms with E-state index in [4.69, 9.17) is 31.5 Å². The molecular formula is C28H46ClFN4O6. The highest BCUT2D eigenvalue weighted by Gasteiger charge is 2.43. The summed E-state index contributed by atoms with van der Waals surface area (Å²) in [6, 6.07) is -0.127. The lowest BCUT2D eigenvalue weighted by Gasteiger charge is -2.44. The Morgan fingerprint density at radius 2 is 2.12 bits per heavy atom. The molecule has 0 aromatic rings. The fourth-order valence-electron chi connectivity index (χ4n) is 5.94. The van der Waals surface area contributed by atoms with Crippen LogP contribution < -0.4 is 21.7 Å². The van der Waals surface area contributed by atoms with Gasteiger partial charge in [-0.1, -0.05) is 17.7 Å². The van der Waals surface area contributed by atoms with E-state index >= 15 is 0 Å². The predicted octanol–water partition coefficient (Wildman–Crippen LogP) is 2.96. The standard InChI is InChI=1S/C28H46ClFN4O6/c1-3-39-25(17-34-27(36)37-2)40-8-6-28(12-22(29)11-23(30)13-28)21-10-20(14-32-15-21)26(35)33-16-24(31)9-19-5-4-7-38-18-19/h11-12,19-21,24-25,32H,3-10,13-18,31H2,1-2H3,(H,33,35)(H,34,36)/t19-,20?,21?,24-,25-,28?/m1/s1. The molecule has 2 aliphatic heterocycles. The first kappa shape index (κ1) is 32.8. The molecule has 6 atom stereocenters. The largest absolute Gasteiger partial charge is 0.453 e. The van der Waals surface area contributed by atoms with Crippen molar-refractivity contribution in [2.45, 2.75) is 57.8 Å². The van der Waals surface area contributed by atoms with E-state index in [9.17, 15) is 14.0 Å². The van der Waals surface area contributed by atoms with E-state index in [0.717, 1.165) is 32.5 Å². The van der Waals surface area contributed by atoms with Gasteiger partial charge in [-0.15, -0.1) is 0 Å². The van der Waals surface area contributed by atoms with Gasteiger partial charge in [0.1, 0.15) is 5.83 Å². The van der Waals surface area contributed by atoms with Crippen molar-refractivity contribution in [1.29, 1.82) is 0 Å². The Balaban J connectivity index is 1.58. The van der Waals surface area contributed by atoms with Crippen molar-refractivity contribution in [1.82, 2.24) is 16.0 Å². The second-order valence-corrected chi connectivity index (χ2v) is 11.5. The number of nitrogens with two attached hydrogens (primary N) is 1. The van der Waals surface area contributed by atoms with Crippen molar-refractivity contribution < 1.29 is 32.9 Å². The van der Waals surface area contributed by atoms with Crippen LogP contribution in [0.4, 0.5) is 9.18 Å². The fourth-order valence-corrected chi connectivity index (χ4v) is 6.28. The zero-order chi connectivity index (χ0) is 29.0. The van der Waals surface area contributed by atoms with Crippen molar-refractivity contribution in [3.63, 3.8) is 0 Å². The SMILES string of the molecule is CCO[C@@H](CNC(=O)OC)OCCC1(C2CNCC(C(=O)NC[C@H](N)C[C@H]3CCCOC3)C2)C=C(Cl)C=C(F)C1. The Kier molecular flexibility index (Phi) is 13.6. The van der Waals surface area contributed by atoms with Crippen molar-refractivity contribution in [2.75, 3.05) is 59.7 Å². The van der Waals surface area contributed by atoms with Crippen molar-refractivity contribution in [3.05, 3.63) is 23.0 Å². The number of amides is 2. The first-order valence-electron chi connectivity index (χ1n) is 14.4. The Bertz CT molecular complexity index is 887. The second-order valence-electron chi connectivity index (χ2n) is 11.0. The van der Waals surface area contributed by atoms with Gasteiger partial charge in [-0.2, -0.15) is 0 Å². The topological polar surface area (TPSA) is 133 Å². The number of piperidine rings is 1. The number of carbonyl (C=O) groups excluding carboxylic acids is 2. The van der Waals surface area contributed by atoms with Crippen LogP contribution >= 0.6 is 11.6 Å². The van der Waals surface area contributed by atoms with Crippen LogP contribution in [0.25, 0.3) is 0 Å². The molecule has 3 unspecified atom stereocenters. The van der Waals surface area contributed by atoms with Gasteiger partial charge >= 0.3 is 6.09 Å². The summed E-state index contributed by atoms with van der Waals surface area (Å²) in [5.41, 5.74) is 5.67. The van der Waals surface area contributed by atoms with E-state index < -0.39 is 17.8 Å². The predicted molar refractivity (Wildman–Crippen MR) is 150 cm³/mol. The van der Waals surface area contributed by atoms with Crippen molar-refractivity contribution >= 4 is 23.6 Å². The number of halogens is 2. The van der Waals surface area contributed by atoms with Crippen molar-refractivity contribution in [2.24, 2.45) is 28.9 Å². The lowest BCUT2D eigenvalue weighted by Crippen LogP contribution is -2.50. The molecule has 2 saturated heterocycles. The first-order chi connectivity index (χ1) is 19.2. The van der Waals surface area contributed by atoms with Crippen LogP contribution in [0.3, 0.4) is 0 Å². The van der Waals surface area contributed by atoms with Crippen LogP contribution in [0.15, 0.2) is 23.0 Å². The molecule has 2 heterocycles. The van der Waals surface area contributed by atoms with E-state index in [1.807, 2.05) is 13.0 Å². The Morgan fingerprint density at radius 1 is 1.30 bits per heavy atom. The minimum atomic E-state index is -0.683. The summed E-state index contributed by atoms with van der Waals surface area (Å²) in [7, 11) is 1.28. The third kappa shape index (κ3) is 10.3. The molecule has 3 rings (SSSR count). The third-order valence-corrected chi connectivity index (χ3v) is 8.22. The number of hydrogen-bond acceptors (Lipinski definition) is 8. The van der Waals surface area contributed by atoms with E-state index in [1.165, 1.54) is 13.2 Å². The molecule has 12 heteroatoms. The van der Waals surface area contributed by atoms with Crippen LogP contribution in [0, 0.1) is 23.2 Å². The number of methoxy groups -OCH3 is 1. The van der Waals surface area contributed by atoms with Gasteiger partial charge in [0.2, 0.25) is 5.91 Å². The van der Waals surface area contributed by atoms with Gasteiger partial charge in [0.15, 0.2) is 6.29 Å². The van der Waals surface area contributed by atoms with E-state index in [1.54, 1.807) is 0 Å². The maximum Gasteiger partial charge on any atom is 0.407 e. The zero-order valence-electron chi connectivity index (χ0n) is 23.7. The maximum absolute atomic E-state index is 14.8. The highest BCUT2D eigenvalue weighted by molar-refractivity contribution is 6.31. The van der Waals surface area contributed by atoms with Crippen LogP contribution in [0.5, 0.6) is 0 Å². The van der Waals surface area contributed by atoms with Gasteiger partial charge in [0.25, 0.3) is 0 Å². The maximum atomic E-state index is 14.8. The van der Waals surface area contributed by atoms with Gasteiger partial charge in [-0.3, -0.25) is 4.79 Å². The molecule has 3 aliphatic rings. The smallest absolute Gasteiger partial charge is 0.407 e. The monoisotopic (exact) mass is 588 g/mol. The molecular weight excluding hydrogens is 543 g/mol. The lowest BCUT2D eigenvalue weighted by atomic mass is 9.64. The minimum absolute atomic E-state index is 0.0499. The molecule has 0 radical (unpaired) electrons. The number of alkyl carbamates (subject to hydrolysis) is 1. The van der Waals surface area contributed by atoms with E-state index in [-0.39, 0.29) is 49.2 Å². The Hall–Kier alpha value is -1.76. The second kappa shape index (κ2) is 16.6. The highest BCUT2D eigenvalue weighted by atomic mass is 35.5. The number of ether oxygens (including phenoxy) is 4. The molecule has 0 spiro atoms. The molecule has 0 saturated carbocycles. The molecule has 10 nitrogen and oxygen atoms in total. The van der Waals surface area contributed by atoms with Crippen LogP contribution in [-0.4, -0.2) is 84.0 Å². The minimum Gasteiger partial charge on any atom is -0.453 e. The summed E-state index contributed by atoms with van der Waals surface area (Å²) < 4.78 is 36.5. The van der Waals surface area contributed by atoms with Crippen LogP contribution in [0.1, 0.15) is 45.4 Å². The first-order valence-corrected chi connectivity index (χ1v) is 14.7. The van der Waals surface area contributed by atoms with Gasteiger partial charge in [0.05, 0.1) is 26.2 Å².